The number of rotatable bonds is 3. The molecule has 0 aromatic carbocycles. The first-order valence-electron chi connectivity index (χ1n) is 2.15. The Morgan fingerprint density at radius 1 is 1.62 bits per heavy atom. The molecule has 0 spiro atoms. The minimum Gasteiger partial charge on any atom is -0.262 e. The maximum Gasteiger partial charge on any atom is 0.328 e. The molecular formula is C3H7BrO3S. The summed E-state index contributed by atoms with van der Waals surface area (Å²) in [6.07, 6.45) is 0.699. The van der Waals surface area contributed by atoms with Gasteiger partial charge in [0, 0.05) is 0 Å². The Morgan fingerprint density at radius 3 is 2.25 bits per heavy atom. The van der Waals surface area contributed by atoms with Crippen LogP contribution in [-0.2, 0) is 12.7 Å². The van der Waals surface area contributed by atoms with E-state index in [1.807, 2.05) is 6.92 Å². The normalized spacial score (nSPS) is 11.8. The topological polar surface area (TPSA) is 43.4 Å². The molecule has 8 heavy (non-hydrogen) atoms. The van der Waals surface area contributed by atoms with E-state index in [2.05, 4.69) is 19.0 Å². The molecule has 0 unspecified atom stereocenters. The summed E-state index contributed by atoms with van der Waals surface area (Å²) in [4.78, 5) is 0. The first-order chi connectivity index (χ1) is 3.56. The van der Waals surface area contributed by atoms with Crippen LogP contribution in [0.4, 0.5) is 0 Å². The molecule has 3 nitrogen and oxygen atoms in total. The summed E-state index contributed by atoms with van der Waals surface area (Å²) in [5, 5.41) is 0. The van der Waals surface area contributed by atoms with Crippen molar-refractivity contribution in [2.24, 2.45) is 0 Å². The van der Waals surface area contributed by atoms with Crippen LogP contribution in [0.25, 0.3) is 0 Å². The quantitative estimate of drug-likeness (QED) is 0.644. The zero-order valence-electron chi connectivity index (χ0n) is 4.43. The van der Waals surface area contributed by atoms with E-state index in [0.29, 0.717) is 6.42 Å². The summed E-state index contributed by atoms with van der Waals surface area (Å²) in [7, 11) is -3.37. The molecule has 5 heteroatoms. The highest BCUT2D eigenvalue weighted by atomic mass is 79.9. The predicted molar refractivity (Wildman–Crippen MR) is 34.1 cm³/mol. The Bertz CT molecular complexity index is 139. The van der Waals surface area contributed by atoms with Crippen LogP contribution in [0, 0.1) is 0 Å². The molecular weight excluding hydrogens is 196 g/mol. The lowest BCUT2D eigenvalue weighted by atomic mass is 10.5. The summed E-state index contributed by atoms with van der Waals surface area (Å²) >= 11 is 2.33. The van der Waals surface area contributed by atoms with Crippen LogP contribution in [0.2, 0.25) is 0 Å². The second-order valence-corrected chi connectivity index (χ2v) is 4.62. The van der Waals surface area contributed by atoms with E-state index in [1.54, 1.807) is 0 Å². The van der Waals surface area contributed by atoms with Crippen LogP contribution in [0.3, 0.4) is 0 Å². The lowest BCUT2D eigenvalue weighted by molar-refractivity contribution is 0.330. The van der Waals surface area contributed by atoms with Gasteiger partial charge < -0.3 is 0 Å². The van der Waals surface area contributed by atoms with Crippen LogP contribution < -0.4 is 0 Å². The van der Waals surface area contributed by atoms with Crippen molar-refractivity contribution < 1.29 is 12.6 Å². The van der Waals surface area contributed by atoms with Crippen molar-refractivity contribution in [3.63, 3.8) is 0 Å². The second kappa shape index (κ2) is 3.42. The Kier molecular flexibility index (Phi) is 3.59. The van der Waals surface area contributed by atoms with Gasteiger partial charge in [0.05, 0.1) is 21.4 Å². The van der Waals surface area contributed by atoms with E-state index in [0.717, 1.165) is 0 Å². The van der Waals surface area contributed by atoms with Crippen molar-refractivity contribution in [3.8, 4) is 0 Å². The van der Waals surface area contributed by atoms with Crippen molar-refractivity contribution in [1.82, 2.24) is 0 Å². The molecule has 0 heterocycles. The van der Waals surface area contributed by atoms with Crippen molar-refractivity contribution in [2.45, 2.75) is 13.3 Å². The molecule has 0 saturated carbocycles. The van der Waals surface area contributed by atoms with Crippen LogP contribution >= 0.6 is 14.8 Å². The van der Waals surface area contributed by atoms with Gasteiger partial charge in [-0.3, -0.25) is 4.18 Å². The first kappa shape index (κ1) is 8.39. The lowest BCUT2D eigenvalue weighted by Crippen LogP contribution is -1.96. The molecule has 0 amide bonds. The molecule has 0 aromatic heterocycles. The number of hydrogen-bond acceptors (Lipinski definition) is 3. The maximum absolute atomic E-state index is 10.1. The summed E-state index contributed by atoms with van der Waals surface area (Å²) in [5.74, 6) is 0. The summed E-state index contributed by atoms with van der Waals surface area (Å²) in [5.41, 5.74) is 0. The fraction of sp³-hybridized carbons (Fsp3) is 1.00. The van der Waals surface area contributed by atoms with E-state index in [1.165, 1.54) is 0 Å². The zero-order chi connectivity index (χ0) is 6.62. The number of halogens is 1. The van der Waals surface area contributed by atoms with Crippen molar-refractivity contribution in [2.75, 3.05) is 6.61 Å². The molecule has 0 aliphatic rings. The van der Waals surface area contributed by atoms with Crippen molar-refractivity contribution in [3.05, 3.63) is 0 Å². The second-order valence-electron chi connectivity index (χ2n) is 1.22. The third-order valence-corrected chi connectivity index (χ3v) is 1.44. The third kappa shape index (κ3) is 6.39. The molecule has 0 aliphatic heterocycles. The maximum atomic E-state index is 10.1. The zero-order valence-corrected chi connectivity index (χ0v) is 6.83. The van der Waals surface area contributed by atoms with Crippen molar-refractivity contribution >= 4 is 23.4 Å². The Balaban J connectivity index is 3.42. The first-order valence-corrected chi connectivity index (χ1v) is 5.40. The largest absolute Gasteiger partial charge is 0.328 e. The minimum absolute atomic E-state index is 0.244. The fourth-order valence-corrected chi connectivity index (χ4v) is 0.945. The Morgan fingerprint density at radius 2 is 2.12 bits per heavy atom. The van der Waals surface area contributed by atoms with Crippen molar-refractivity contribution in [1.29, 1.82) is 0 Å². The minimum atomic E-state index is -3.37. The van der Waals surface area contributed by atoms with Gasteiger partial charge in [0.2, 0.25) is 0 Å². The van der Waals surface area contributed by atoms with Crippen LogP contribution in [-0.4, -0.2) is 15.0 Å². The fourth-order valence-electron chi connectivity index (χ4n) is 0.183. The highest BCUT2D eigenvalue weighted by molar-refractivity contribution is 9.46. The lowest BCUT2D eigenvalue weighted by Gasteiger charge is -1.92. The van der Waals surface area contributed by atoms with Gasteiger partial charge in [-0.15, -0.1) is 0 Å². The van der Waals surface area contributed by atoms with E-state index in [-0.39, 0.29) is 6.61 Å². The molecule has 0 atom stereocenters. The van der Waals surface area contributed by atoms with Gasteiger partial charge in [-0.2, -0.15) is 8.42 Å². The summed E-state index contributed by atoms with van der Waals surface area (Å²) < 4.78 is 24.4. The van der Waals surface area contributed by atoms with E-state index in [9.17, 15) is 8.42 Å². The smallest absolute Gasteiger partial charge is 0.262 e. The van der Waals surface area contributed by atoms with E-state index < -0.39 is 8.55 Å². The van der Waals surface area contributed by atoms with Gasteiger partial charge in [-0.05, 0) is 6.42 Å². The highest BCUT2D eigenvalue weighted by Gasteiger charge is 2.00. The molecule has 0 aliphatic carbocycles. The molecule has 0 saturated heterocycles. The van der Waals surface area contributed by atoms with Gasteiger partial charge in [0.25, 0.3) is 0 Å². The van der Waals surface area contributed by atoms with Gasteiger partial charge in [-0.25, -0.2) is 0 Å². The predicted octanol–water partition coefficient (Wildman–Crippen LogP) is 1.05. The molecule has 0 bridgehead atoms. The molecule has 0 fully saturated rings. The van der Waals surface area contributed by atoms with Gasteiger partial charge >= 0.3 is 8.55 Å². The standard InChI is InChI=1S/C3H7BrO3S/c1-2-3-7-8(4,5)6/h2-3H2,1H3. The SMILES string of the molecule is CCCOS(=O)(=O)Br. The molecule has 0 rings (SSSR count). The Labute approximate surface area is 56.4 Å². The van der Waals surface area contributed by atoms with E-state index >= 15 is 0 Å². The average Bonchev–Trinajstić information content (AvgIpc) is 1.59. The molecule has 0 aromatic rings. The van der Waals surface area contributed by atoms with Crippen LogP contribution in [0.1, 0.15) is 13.3 Å². The molecule has 0 radical (unpaired) electrons. The summed E-state index contributed by atoms with van der Waals surface area (Å²) in [6.45, 7) is 2.08. The average molecular weight is 203 g/mol. The van der Waals surface area contributed by atoms with Gasteiger partial charge in [-0.1, -0.05) is 6.92 Å². The third-order valence-electron chi connectivity index (χ3n) is 0.428. The van der Waals surface area contributed by atoms with E-state index in [4.69, 9.17) is 0 Å². The van der Waals surface area contributed by atoms with Gasteiger partial charge in [0.1, 0.15) is 0 Å². The van der Waals surface area contributed by atoms with Gasteiger partial charge in [0.15, 0.2) is 0 Å². The molecule has 50 valence electrons. The highest BCUT2D eigenvalue weighted by Crippen LogP contribution is 2.01. The molecule has 0 N–H and O–H groups in total. The monoisotopic (exact) mass is 202 g/mol. The summed E-state index contributed by atoms with van der Waals surface area (Å²) in [6, 6.07) is 0. The van der Waals surface area contributed by atoms with Crippen LogP contribution in [0.5, 0.6) is 0 Å². The number of hydrogen-bond donors (Lipinski definition) is 0. The van der Waals surface area contributed by atoms with Crippen LogP contribution in [0.15, 0.2) is 0 Å². The Hall–Kier alpha value is 0.390.